The number of fused-ring (bicyclic) bond motifs is 1. The van der Waals surface area contributed by atoms with Crippen molar-refractivity contribution in [3.05, 3.63) is 59.6 Å². The monoisotopic (exact) mass is 367 g/mol. The fraction of sp³-hybridized carbons (Fsp3) is 0.222. The molecule has 0 aliphatic heterocycles. The van der Waals surface area contributed by atoms with Gasteiger partial charge in [-0.05, 0) is 31.0 Å². The second-order valence-electron chi connectivity index (χ2n) is 6.57. The number of nitrogens with zero attached hydrogens (tertiary/aromatic N) is 6. The zero-order valence-electron chi connectivity index (χ0n) is 14.2. The molecule has 1 aliphatic carbocycles. The molecular weight excluding hydrogens is 352 g/mol. The van der Waals surface area contributed by atoms with Gasteiger partial charge < -0.3 is 5.73 Å². The van der Waals surface area contributed by atoms with Crippen LogP contribution in [-0.2, 0) is 6.54 Å². The van der Waals surface area contributed by atoms with Crippen LogP contribution in [0.4, 0.5) is 14.7 Å². The quantitative estimate of drug-likeness (QED) is 0.599. The lowest BCUT2D eigenvalue weighted by molar-refractivity contribution is 0.534. The molecule has 0 spiro atoms. The molecule has 0 saturated heterocycles. The Kier molecular flexibility index (Phi) is 3.43. The maximum atomic E-state index is 14.1. The van der Waals surface area contributed by atoms with Gasteiger partial charge in [-0.15, -0.1) is 0 Å². The molecule has 1 aromatic carbocycles. The van der Waals surface area contributed by atoms with Gasteiger partial charge in [0.1, 0.15) is 11.6 Å². The topological polar surface area (TPSA) is 87.4 Å². The first kappa shape index (κ1) is 15.9. The van der Waals surface area contributed by atoms with E-state index in [4.69, 9.17) is 5.73 Å². The summed E-state index contributed by atoms with van der Waals surface area (Å²) in [4.78, 5) is 8.65. The lowest BCUT2D eigenvalue weighted by Gasteiger charge is -2.07. The number of benzene rings is 1. The van der Waals surface area contributed by atoms with Gasteiger partial charge in [0.2, 0.25) is 5.95 Å². The van der Waals surface area contributed by atoms with E-state index in [1.54, 1.807) is 23.1 Å². The van der Waals surface area contributed by atoms with Crippen LogP contribution >= 0.6 is 0 Å². The third kappa shape index (κ3) is 2.62. The summed E-state index contributed by atoms with van der Waals surface area (Å²) >= 11 is 0. The number of hydrogen-bond acceptors (Lipinski definition) is 5. The van der Waals surface area contributed by atoms with Gasteiger partial charge in [0.15, 0.2) is 11.5 Å². The van der Waals surface area contributed by atoms with Crippen LogP contribution in [0, 0.1) is 11.6 Å². The van der Waals surface area contributed by atoms with Crippen LogP contribution in [0.2, 0.25) is 0 Å². The van der Waals surface area contributed by atoms with E-state index in [0.29, 0.717) is 16.9 Å². The standard InChI is InChI=1S/C18H15F2N7/c19-12-3-1-4-13(20)11(12)9-27-17-14(15(25-27)10-5-6-10)16(23-18(21)24-17)26-8-2-7-22-26/h1-4,7-8,10H,5-6,9H2,(H2,21,23,24). The minimum atomic E-state index is -0.624. The first-order chi connectivity index (χ1) is 13.1. The predicted octanol–water partition coefficient (Wildman–Crippen LogP) is 2.80. The van der Waals surface area contributed by atoms with Gasteiger partial charge in [-0.25, -0.2) is 18.1 Å². The number of halogens is 2. The molecule has 0 amide bonds. The fourth-order valence-corrected chi connectivity index (χ4v) is 3.24. The van der Waals surface area contributed by atoms with Crippen molar-refractivity contribution in [1.29, 1.82) is 0 Å². The molecule has 136 valence electrons. The van der Waals surface area contributed by atoms with Crippen molar-refractivity contribution >= 4 is 17.0 Å². The second kappa shape index (κ2) is 5.83. The summed E-state index contributed by atoms with van der Waals surface area (Å²) in [6.07, 6.45) is 5.40. The molecule has 1 fully saturated rings. The normalized spacial score (nSPS) is 14.1. The molecule has 9 heteroatoms. The summed E-state index contributed by atoms with van der Waals surface area (Å²) in [5, 5.41) is 9.57. The van der Waals surface area contributed by atoms with Crippen molar-refractivity contribution in [3.8, 4) is 5.82 Å². The van der Waals surface area contributed by atoms with Crippen molar-refractivity contribution in [3.63, 3.8) is 0 Å². The summed E-state index contributed by atoms with van der Waals surface area (Å²) in [7, 11) is 0. The van der Waals surface area contributed by atoms with E-state index in [2.05, 4.69) is 20.2 Å². The van der Waals surface area contributed by atoms with Gasteiger partial charge in [-0.1, -0.05) is 6.07 Å². The van der Waals surface area contributed by atoms with E-state index in [0.717, 1.165) is 18.5 Å². The lowest BCUT2D eigenvalue weighted by Crippen LogP contribution is -2.09. The van der Waals surface area contributed by atoms with Crippen LogP contribution < -0.4 is 5.73 Å². The summed E-state index contributed by atoms with van der Waals surface area (Å²) in [5.74, 6) is -0.405. The molecule has 2 N–H and O–H groups in total. The third-order valence-electron chi connectivity index (χ3n) is 4.67. The Bertz CT molecular complexity index is 1130. The van der Waals surface area contributed by atoms with Crippen LogP contribution in [-0.4, -0.2) is 29.5 Å². The highest BCUT2D eigenvalue weighted by molar-refractivity contribution is 5.87. The van der Waals surface area contributed by atoms with E-state index in [9.17, 15) is 8.78 Å². The Hall–Kier alpha value is -3.36. The van der Waals surface area contributed by atoms with Crippen molar-refractivity contribution in [1.82, 2.24) is 29.5 Å². The Balaban J connectivity index is 1.74. The van der Waals surface area contributed by atoms with Gasteiger partial charge in [-0.3, -0.25) is 0 Å². The minimum Gasteiger partial charge on any atom is -0.368 e. The van der Waals surface area contributed by atoms with E-state index in [1.165, 1.54) is 22.9 Å². The molecule has 27 heavy (non-hydrogen) atoms. The van der Waals surface area contributed by atoms with Crippen LogP contribution in [0.3, 0.4) is 0 Å². The number of hydrogen-bond donors (Lipinski definition) is 1. The Morgan fingerprint density at radius 1 is 1.11 bits per heavy atom. The molecule has 4 aromatic rings. The highest BCUT2D eigenvalue weighted by Gasteiger charge is 2.32. The van der Waals surface area contributed by atoms with Crippen molar-refractivity contribution in [2.45, 2.75) is 25.3 Å². The van der Waals surface area contributed by atoms with Crippen LogP contribution in [0.5, 0.6) is 0 Å². The van der Waals surface area contributed by atoms with Crippen LogP contribution in [0.25, 0.3) is 16.9 Å². The number of anilines is 1. The Morgan fingerprint density at radius 2 is 1.89 bits per heavy atom. The summed E-state index contributed by atoms with van der Waals surface area (Å²) in [5.41, 5.74) is 7.09. The first-order valence-electron chi connectivity index (χ1n) is 8.58. The second-order valence-corrected chi connectivity index (χ2v) is 6.57. The number of rotatable bonds is 4. The lowest BCUT2D eigenvalue weighted by atomic mass is 10.2. The summed E-state index contributed by atoms with van der Waals surface area (Å²) < 4.78 is 31.4. The molecule has 0 bridgehead atoms. The van der Waals surface area contributed by atoms with Crippen molar-refractivity contribution < 1.29 is 8.78 Å². The molecular formula is C18H15F2N7. The molecule has 7 nitrogen and oxygen atoms in total. The fourth-order valence-electron chi connectivity index (χ4n) is 3.24. The number of aromatic nitrogens is 6. The highest BCUT2D eigenvalue weighted by Crippen LogP contribution is 2.43. The number of nitrogens with two attached hydrogens (primary N) is 1. The zero-order chi connectivity index (χ0) is 18.5. The van der Waals surface area contributed by atoms with Crippen LogP contribution in [0.1, 0.15) is 30.0 Å². The largest absolute Gasteiger partial charge is 0.368 e. The minimum absolute atomic E-state index is 0.0468. The van der Waals surface area contributed by atoms with Crippen molar-refractivity contribution in [2.24, 2.45) is 0 Å². The highest BCUT2D eigenvalue weighted by atomic mass is 19.1. The first-order valence-corrected chi connectivity index (χ1v) is 8.58. The summed E-state index contributed by atoms with van der Waals surface area (Å²) in [6, 6.07) is 5.57. The number of nitrogen functional groups attached to an aromatic ring is 1. The molecule has 3 heterocycles. The molecule has 0 radical (unpaired) electrons. The Morgan fingerprint density at radius 3 is 2.56 bits per heavy atom. The van der Waals surface area contributed by atoms with E-state index < -0.39 is 11.6 Å². The molecule has 5 rings (SSSR count). The van der Waals surface area contributed by atoms with E-state index in [-0.39, 0.29) is 24.0 Å². The molecule has 0 unspecified atom stereocenters. The van der Waals surface area contributed by atoms with Crippen molar-refractivity contribution in [2.75, 3.05) is 5.73 Å². The Labute approximate surface area is 152 Å². The molecule has 3 aromatic heterocycles. The van der Waals surface area contributed by atoms with E-state index in [1.807, 2.05) is 0 Å². The SMILES string of the molecule is Nc1nc(-n2cccn2)c2c(C3CC3)nn(Cc3c(F)cccc3F)c2n1. The van der Waals surface area contributed by atoms with Gasteiger partial charge >= 0.3 is 0 Å². The third-order valence-corrected chi connectivity index (χ3v) is 4.67. The van der Waals surface area contributed by atoms with Gasteiger partial charge in [0.05, 0.1) is 17.6 Å². The zero-order valence-corrected chi connectivity index (χ0v) is 14.2. The van der Waals surface area contributed by atoms with Crippen LogP contribution in [0.15, 0.2) is 36.7 Å². The average molecular weight is 367 g/mol. The van der Waals surface area contributed by atoms with E-state index >= 15 is 0 Å². The average Bonchev–Trinajstić information content (AvgIpc) is 3.21. The molecule has 0 atom stereocenters. The summed E-state index contributed by atoms with van der Waals surface area (Å²) in [6.45, 7) is -0.0866. The predicted molar refractivity (Wildman–Crippen MR) is 94.3 cm³/mol. The van der Waals surface area contributed by atoms with Gasteiger partial charge in [-0.2, -0.15) is 20.2 Å². The molecule has 1 saturated carbocycles. The van der Waals surface area contributed by atoms with Gasteiger partial charge in [0, 0.05) is 23.9 Å². The maximum Gasteiger partial charge on any atom is 0.224 e. The molecule has 1 aliphatic rings. The van der Waals surface area contributed by atoms with Gasteiger partial charge in [0.25, 0.3) is 0 Å². The smallest absolute Gasteiger partial charge is 0.224 e. The maximum absolute atomic E-state index is 14.1.